The molecule has 0 aliphatic rings. The lowest BCUT2D eigenvalue weighted by atomic mass is 10.0. The summed E-state index contributed by atoms with van der Waals surface area (Å²) in [7, 11) is 1.48. The summed E-state index contributed by atoms with van der Waals surface area (Å²) in [6, 6.07) is 11.4. The highest BCUT2D eigenvalue weighted by molar-refractivity contribution is 6.36. The molecule has 5 nitrogen and oxygen atoms in total. The van der Waals surface area contributed by atoms with Gasteiger partial charge in [0, 0.05) is 26.9 Å². The van der Waals surface area contributed by atoms with Gasteiger partial charge in [0.05, 0.1) is 12.8 Å². The van der Waals surface area contributed by atoms with Crippen molar-refractivity contribution in [2.45, 2.75) is 6.04 Å². The van der Waals surface area contributed by atoms with Gasteiger partial charge in [-0.3, -0.25) is 15.1 Å². The molecule has 0 aliphatic heterocycles. The van der Waals surface area contributed by atoms with Crippen molar-refractivity contribution in [3.05, 3.63) is 70.2 Å². The lowest BCUT2D eigenvalue weighted by molar-refractivity contribution is -0.118. The second-order valence-corrected chi connectivity index (χ2v) is 5.76. The van der Waals surface area contributed by atoms with Gasteiger partial charge in [-0.1, -0.05) is 54.0 Å². The number of halogens is 2. The molecule has 4 N–H and O–H groups in total. The number of anilines is 1. The Labute approximate surface area is 150 Å². The summed E-state index contributed by atoms with van der Waals surface area (Å²) < 4.78 is 0. The maximum absolute atomic E-state index is 12.0. The van der Waals surface area contributed by atoms with E-state index in [1.54, 1.807) is 24.3 Å². The lowest BCUT2D eigenvalue weighted by Gasteiger charge is -2.22. The third kappa shape index (κ3) is 4.00. The van der Waals surface area contributed by atoms with Crippen LogP contribution in [0.4, 0.5) is 5.69 Å². The smallest absolute Gasteiger partial charge is 0.244 e. The van der Waals surface area contributed by atoms with E-state index in [0.29, 0.717) is 32.6 Å². The SMILES string of the molecule is C=C(NOC)c1ccccc1NC(C(N)=O)c1c(Cl)cccc1Cl. The number of hydroxylamine groups is 1. The first-order valence-corrected chi connectivity index (χ1v) is 7.78. The number of nitrogens with two attached hydrogens (primary N) is 1. The van der Waals surface area contributed by atoms with Gasteiger partial charge in [0.2, 0.25) is 5.91 Å². The van der Waals surface area contributed by atoms with E-state index in [2.05, 4.69) is 17.4 Å². The molecular formula is C17H17Cl2N3O2. The van der Waals surface area contributed by atoms with Crippen molar-refractivity contribution < 1.29 is 9.63 Å². The molecule has 0 radical (unpaired) electrons. The molecule has 2 aromatic rings. The molecule has 2 aromatic carbocycles. The zero-order chi connectivity index (χ0) is 17.7. The topological polar surface area (TPSA) is 76.4 Å². The van der Waals surface area contributed by atoms with Gasteiger partial charge in [0.25, 0.3) is 0 Å². The Morgan fingerprint density at radius 1 is 1.17 bits per heavy atom. The second-order valence-electron chi connectivity index (χ2n) is 4.95. The predicted molar refractivity (Wildman–Crippen MR) is 97.6 cm³/mol. The van der Waals surface area contributed by atoms with E-state index in [-0.39, 0.29) is 0 Å². The van der Waals surface area contributed by atoms with Crippen molar-refractivity contribution >= 4 is 40.5 Å². The summed E-state index contributed by atoms with van der Waals surface area (Å²) in [5.41, 5.74) is 10.5. The van der Waals surface area contributed by atoms with Crippen LogP contribution in [0.25, 0.3) is 5.70 Å². The number of amides is 1. The number of nitrogens with one attached hydrogen (secondary N) is 2. The van der Waals surface area contributed by atoms with Gasteiger partial charge >= 0.3 is 0 Å². The van der Waals surface area contributed by atoms with Gasteiger partial charge in [-0.15, -0.1) is 0 Å². The molecule has 24 heavy (non-hydrogen) atoms. The third-order valence-electron chi connectivity index (χ3n) is 3.35. The van der Waals surface area contributed by atoms with Gasteiger partial charge in [0.1, 0.15) is 6.04 Å². The van der Waals surface area contributed by atoms with Crippen LogP contribution in [0.3, 0.4) is 0 Å². The fraction of sp³-hybridized carbons (Fsp3) is 0.118. The standard InChI is InChI=1S/C17H17Cl2N3O2/c1-10(22-24-2)11-6-3-4-9-14(11)21-16(17(20)23)15-12(18)7-5-8-13(15)19/h3-9,16,21-22H,1H2,2H3,(H2,20,23). The van der Waals surface area contributed by atoms with Gasteiger partial charge in [-0.2, -0.15) is 0 Å². The van der Waals surface area contributed by atoms with E-state index in [4.69, 9.17) is 33.8 Å². The van der Waals surface area contributed by atoms with E-state index >= 15 is 0 Å². The summed E-state index contributed by atoms with van der Waals surface area (Å²) in [4.78, 5) is 16.9. The average Bonchev–Trinajstić information content (AvgIpc) is 2.54. The number of carbonyl (C=O) groups is 1. The molecule has 1 atom stereocenters. The maximum Gasteiger partial charge on any atom is 0.244 e. The summed E-state index contributed by atoms with van der Waals surface area (Å²) >= 11 is 12.4. The molecule has 0 heterocycles. The number of rotatable bonds is 7. The fourth-order valence-corrected chi connectivity index (χ4v) is 2.89. The van der Waals surface area contributed by atoms with E-state index in [9.17, 15) is 4.79 Å². The van der Waals surface area contributed by atoms with Crippen molar-refractivity contribution in [2.24, 2.45) is 5.73 Å². The summed E-state index contributed by atoms with van der Waals surface area (Å²) in [5, 5.41) is 3.79. The first-order valence-electron chi connectivity index (χ1n) is 7.02. The van der Waals surface area contributed by atoms with E-state index in [1.807, 2.05) is 18.2 Å². The fourth-order valence-electron chi connectivity index (χ4n) is 2.28. The molecule has 0 fully saturated rings. The Bertz CT molecular complexity index is 745. The van der Waals surface area contributed by atoms with Crippen LogP contribution in [-0.4, -0.2) is 13.0 Å². The van der Waals surface area contributed by atoms with E-state index in [1.165, 1.54) is 7.11 Å². The van der Waals surface area contributed by atoms with Crippen LogP contribution in [0.2, 0.25) is 10.0 Å². The Balaban J connectivity index is 2.43. The number of para-hydroxylation sites is 1. The molecule has 0 saturated carbocycles. The van der Waals surface area contributed by atoms with Crippen LogP contribution < -0.4 is 16.5 Å². The summed E-state index contributed by atoms with van der Waals surface area (Å²) in [6.07, 6.45) is 0. The number of hydrogen-bond acceptors (Lipinski definition) is 4. The lowest BCUT2D eigenvalue weighted by Crippen LogP contribution is -2.28. The normalized spacial score (nSPS) is 11.6. The molecule has 0 saturated heterocycles. The molecule has 126 valence electrons. The highest BCUT2D eigenvalue weighted by Crippen LogP contribution is 2.33. The average molecular weight is 366 g/mol. The van der Waals surface area contributed by atoms with Gasteiger partial charge in [-0.05, 0) is 18.2 Å². The summed E-state index contributed by atoms with van der Waals surface area (Å²) in [6.45, 7) is 3.89. The van der Waals surface area contributed by atoms with E-state index in [0.717, 1.165) is 0 Å². The van der Waals surface area contributed by atoms with E-state index < -0.39 is 11.9 Å². The van der Waals surface area contributed by atoms with Crippen LogP contribution >= 0.6 is 23.2 Å². The minimum Gasteiger partial charge on any atom is -0.369 e. The first-order chi connectivity index (χ1) is 11.5. The first kappa shape index (κ1) is 18.1. The largest absolute Gasteiger partial charge is 0.369 e. The second kappa shape index (κ2) is 8.06. The van der Waals surface area contributed by atoms with Crippen molar-refractivity contribution in [3.8, 4) is 0 Å². The molecule has 2 rings (SSSR count). The minimum absolute atomic E-state index is 0.352. The van der Waals surface area contributed by atoms with Crippen molar-refractivity contribution in [1.82, 2.24) is 5.48 Å². The van der Waals surface area contributed by atoms with Crippen LogP contribution in [0.1, 0.15) is 17.2 Å². The molecule has 0 aliphatic carbocycles. The van der Waals surface area contributed by atoms with Gasteiger partial charge in [0.15, 0.2) is 0 Å². The zero-order valence-corrected chi connectivity index (χ0v) is 14.5. The molecule has 0 spiro atoms. The highest BCUT2D eigenvalue weighted by atomic mass is 35.5. The maximum atomic E-state index is 12.0. The molecule has 0 aromatic heterocycles. The number of hydrogen-bond donors (Lipinski definition) is 3. The van der Waals surface area contributed by atoms with Crippen LogP contribution in [0.5, 0.6) is 0 Å². The van der Waals surface area contributed by atoms with Crippen LogP contribution in [-0.2, 0) is 9.63 Å². The number of carbonyl (C=O) groups excluding carboxylic acids is 1. The summed E-state index contributed by atoms with van der Waals surface area (Å²) in [5.74, 6) is -0.606. The zero-order valence-electron chi connectivity index (χ0n) is 13.0. The monoisotopic (exact) mass is 365 g/mol. The van der Waals surface area contributed by atoms with Crippen molar-refractivity contribution in [2.75, 3.05) is 12.4 Å². The van der Waals surface area contributed by atoms with Crippen molar-refractivity contribution in [1.29, 1.82) is 0 Å². The molecule has 7 heteroatoms. The molecule has 1 amide bonds. The number of primary amides is 1. The number of benzene rings is 2. The van der Waals surface area contributed by atoms with Gasteiger partial charge < -0.3 is 11.1 Å². The Morgan fingerprint density at radius 3 is 2.38 bits per heavy atom. The highest BCUT2D eigenvalue weighted by Gasteiger charge is 2.24. The van der Waals surface area contributed by atoms with Gasteiger partial charge in [-0.25, -0.2) is 0 Å². The quantitative estimate of drug-likeness (QED) is 0.653. The Morgan fingerprint density at radius 2 is 1.79 bits per heavy atom. The minimum atomic E-state index is -0.900. The predicted octanol–water partition coefficient (Wildman–Crippen LogP) is 3.75. The Kier molecular flexibility index (Phi) is 6.09. The molecular weight excluding hydrogens is 349 g/mol. The van der Waals surface area contributed by atoms with Crippen LogP contribution in [0, 0.1) is 0 Å². The Hall–Kier alpha value is -2.21. The molecule has 0 bridgehead atoms. The third-order valence-corrected chi connectivity index (χ3v) is 4.01. The van der Waals surface area contributed by atoms with Crippen LogP contribution in [0.15, 0.2) is 49.0 Å². The molecule has 1 unspecified atom stereocenters. The van der Waals surface area contributed by atoms with Crippen molar-refractivity contribution in [3.63, 3.8) is 0 Å².